The Hall–Kier alpha value is -1.44. The van der Waals surface area contributed by atoms with Gasteiger partial charge in [-0.15, -0.1) is 0 Å². The molecular formula is C13H25N5O2. The molecule has 114 valence electrons. The molecule has 0 aliphatic heterocycles. The maximum Gasteiger partial charge on any atom is 0.158 e. The highest BCUT2D eigenvalue weighted by Crippen LogP contribution is 2.10. The molecule has 0 spiro atoms. The van der Waals surface area contributed by atoms with Crippen LogP contribution in [0, 0.1) is 0 Å². The first-order valence-corrected chi connectivity index (χ1v) is 7.04. The number of aromatic nitrogens is 2. The van der Waals surface area contributed by atoms with Gasteiger partial charge in [0.2, 0.25) is 0 Å². The second-order valence-electron chi connectivity index (χ2n) is 4.23. The van der Waals surface area contributed by atoms with Crippen molar-refractivity contribution in [1.82, 2.24) is 9.97 Å². The van der Waals surface area contributed by atoms with Crippen molar-refractivity contribution in [3.8, 4) is 0 Å². The molecule has 0 bridgehead atoms. The van der Waals surface area contributed by atoms with Crippen LogP contribution in [0.2, 0.25) is 0 Å². The zero-order valence-corrected chi connectivity index (χ0v) is 12.3. The molecule has 7 nitrogen and oxygen atoms in total. The number of hydrogen-bond donors (Lipinski definition) is 3. The Morgan fingerprint density at radius 3 is 2.65 bits per heavy atom. The van der Waals surface area contributed by atoms with Crippen LogP contribution >= 0.6 is 0 Å². The summed E-state index contributed by atoms with van der Waals surface area (Å²) < 4.78 is 10.8. The van der Waals surface area contributed by atoms with Gasteiger partial charge in [0.05, 0.1) is 6.61 Å². The highest BCUT2D eigenvalue weighted by molar-refractivity contribution is 5.46. The Bertz CT molecular complexity index is 376. The van der Waals surface area contributed by atoms with Gasteiger partial charge in [0.25, 0.3) is 0 Å². The summed E-state index contributed by atoms with van der Waals surface area (Å²) in [6.07, 6.45) is 2.24. The average Bonchev–Trinajstić information content (AvgIpc) is 2.48. The Labute approximate surface area is 120 Å². The monoisotopic (exact) mass is 283 g/mol. The largest absolute Gasteiger partial charge is 0.380 e. The summed E-state index contributed by atoms with van der Waals surface area (Å²) in [7, 11) is 0. The molecule has 4 N–H and O–H groups in total. The highest BCUT2D eigenvalue weighted by atomic mass is 16.5. The van der Waals surface area contributed by atoms with E-state index < -0.39 is 0 Å². The molecule has 0 saturated carbocycles. The van der Waals surface area contributed by atoms with E-state index in [4.69, 9.17) is 15.3 Å². The van der Waals surface area contributed by atoms with E-state index >= 15 is 0 Å². The summed E-state index contributed by atoms with van der Waals surface area (Å²) in [4.78, 5) is 8.57. The first-order chi connectivity index (χ1) is 9.80. The number of hydrazine groups is 1. The van der Waals surface area contributed by atoms with Gasteiger partial charge in [-0.2, -0.15) is 0 Å². The smallest absolute Gasteiger partial charge is 0.158 e. The lowest BCUT2D eigenvalue weighted by Crippen LogP contribution is -2.15. The molecule has 0 atom stereocenters. The van der Waals surface area contributed by atoms with E-state index in [2.05, 4.69) is 27.6 Å². The van der Waals surface area contributed by atoms with Gasteiger partial charge in [0, 0.05) is 25.8 Å². The van der Waals surface area contributed by atoms with Crippen molar-refractivity contribution in [2.45, 2.75) is 33.3 Å². The van der Waals surface area contributed by atoms with Gasteiger partial charge in [-0.3, -0.25) is 0 Å². The van der Waals surface area contributed by atoms with E-state index in [1.165, 1.54) is 0 Å². The maximum atomic E-state index is 5.48. The fraction of sp³-hybridized carbons (Fsp3) is 0.692. The van der Waals surface area contributed by atoms with Gasteiger partial charge < -0.3 is 20.2 Å². The zero-order chi connectivity index (χ0) is 14.6. The van der Waals surface area contributed by atoms with Crippen molar-refractivity contribution in [3.05, 3.63) is 11.9 Å². The second kappa shape index (κ2) is 10.4. The first-order valence-electron chi connectivity index (χ1n) is 7.04. The highest BCUT2D eigenvalue weighted by Gasteiger charge is 2.04. The van der Waals surface area contributed by atoms with Gasteiger partial charge in [-0.05, 0) is 13.3 Å². The fourth-order valence-corrected chi connectivity index (χ4v) is 1.52. The van der Waals surface area contributed by atoms with Crippen molar-refractivity contribution < 1.29 is 9.47 Å². The number of nitrogens with two attached hydrogens (primary N) is 1. The number of anilines is 2. The van der Waals surface area contributed by atoms with E-state index in [9.17, 15) is 0 Å². The molecule has 1 aromatic rings. The van der Waals surface area contributed by atoms with E-state index in [1.807, 2.05) is 6.92 Å². The molecule has 20 heavy (non-hydrogen) atoms. The maximum absolute atomic E-state index is 5.48. The van der Waals surface area contributed by atoms with Crippen LogP contribution in [0.15, 0.2) is 6.07 Å². The molecule has 1 heterocycles. The molecule has 1 aromatic heterocycles. The van der Waals surface area contributed by atoms with E-state index in [1.54, 1.807) is 6.07 Å². The summed E-state index contributed by atoms with van der Waals surface area (Å²) in [5.41, 5.74) is 2.52. The number of nitrogens with zero attached hydrogens (tertiary/aromatic N) is 2. The summed E-state index contributed by atoms with van der Waals surface area (Å²) in [6.45, 7) is 7.20. The predicted molar refractivity (Wildman–Crippen MR) is 79.4 cm³/mol. The van der Waals surface area contributed by atoms with Gasteiger partial charge in [-0.25, -0.2) is 15.8 Å². The summed E-state index contributed by atoms with van der Waals surface area (Å²) in [6, 6.07) is 1.75. The van der Waals surface area contributed by atoms with Crippen molar-refractivity contribution in [2.75, 3.05) is 37.1 Å². The van der Waals surface area contributed by atoms with Crippen molar-refractivity contribution in [2.24, 2.45) is 5.84 Å². The van der Waals surface area contributed by atoms with Crippen LogP contribution in [-0.2, 0) is 16.1 Å². The van der Waals surface area contributed by atoms with Crippen LogP contribution in [-0.4, -0.2) is 36.3 Å². The average molecular weight is 283 g/mol. The third-order valence-electron chi connectivity index (χ3n) is 2.55. The lowest BCUT2D eigenvalue weighted by Gasteiger charge is -2.10. The third-order valence-corrected chi connectivity index (χ3v) is 2.55. The van der Waals surface area contributed by atoms with E-state index in [-0.39, 0.29) is 0 Å². The summed E-state index contributed by atoms with van der Waals surface area (Å²) in [5.74, 6) is 7.26. The standard InChI is InChI=1S/C13H25N5O2/c1-3-5-7-20-8-6-15-11-9-12(18-14)17-13(16-11)10-19-4-2/h9H,3-8,10,14H2,1-2H3,(H2,15,16,17,18). The van der Waals surface area contributed by atoms with E-state index in [0.717, 1.165) is 19.4 Å². The lowest BCUT2D eigenvalue weighted by atomic mass is 10.4. The number of nitrogens with one attached hydrogen (secondary N) is 2. The lowest BCUT2D eigenvalue weighted by molar-refractivity contribution is 0.128. The Kier molecular flexibility index (Phi) is 8.61. The SMILES string of the molecule is CCCCOCCNc1cc(NN)nc(COCC)n1. The van der Waals surface area contributed by atoms with Gasteiger partial charge >= 0.3 is 0 Å². The second-order valence-corrected chi connectivity index (χ2v) is 4.23. The van der Waals surface area contributed by atoms with E-state index in [0.29, 0.717) is 43.8 Å². The van der Waals surface area contributed by atoms with Crippen LogP contribution < -0.4 is 16.6 Å². The molecule has 0 radical (unpaired) electrons. The Morgan fingerprint density at radius 1 is 1.15 bits per heavy atom. The first kappa shape index (κ1) is 16.6. The molecule has 0 saturated heterocycles. The molecule has 1 rings (SSSR count). The minimum atomic E-state index is 0.369. The summed E-state index contributed by atoms with van der Waals surface area (Å²) in [5, 5.41) is 3.19. The Morgan fingerprint density at radius 2 is 1.95 bits per heavy atom. The molecule has 7 heteroatoms. The minimum absolute atomic E-state index is 0.369. The number of rotatable bonds is 11. The molecule has 0 amide bonds. The van der Waals surface area contributed by atoms with Crippen LogP contribution in [0.5, 0.6) is 0 Å². The number of hydrogen-bond acceptors (Lipinski definition) is 7. The number of nitrogen functional groups attached to an aromatic ring is 1. The third kappa shape index (κ3) is 6.65. The molecule has 0 aromatic carbocycles. The van der Waals surface area contributed by atoms with Gasteiger partial charge in [0.1, 0.15) is 18.2 Å². The molecule has 0 aliphatic rings. The van der Waals surface area contributed by atoms with Gasteiger partial charge in [0.15, 0.2) is 5.82 Å². The Balaban J connectivity index is 2.42. The van der Waals surface area contributed by atoms with Crippen LogP contribution in [0.1, 0.15) is 32.5 Å². The summed E-state index contributed by atoms with van der Waals surface area (Å²) >= 11 is 0. The molecular weight excluding hydrogens is 258 g/mol. The fourth-order valence-electron chi connectivity index (χ4n) is 1.52. The zero-order valence-electron chi connectivity index (χ0n) is 12.3. The van der Waals surface area contributed by atoms with Crippen molar-refractivity contribution in [1.29, 1.82) is 0 Å². The van der Waals surface area contributed by atoms with Crippen molar-refractivity contribution >= 4 is 11.6 Å². The van der Waals surface area contributed by atoms with Crippen LogP contribution in [0.25, 0.3) is 0 Å². The topological polar surface area (TPSA) is 94.3 Å². The van der Waals surface area contributed by atoms with Crippen LogP contribution in [0.3, 0.4) is 0 Å². The number of ether oxygens (including phenoxy) is 2. The molecule has 0 aliphatic carbocycles. The van der Waals surface area contributed by atoms with Gasteiger partial charge in [-0.1, -0.05) is 13.3 Å². The molecule has 0 fully saturated rings. The molecule has 0 unspecified atom stereocenters. The van der Waals surface area contributed by atoms with Crippen molar-refractivity contribution in [3.63, 3.8) is 0 Å². The number of unbranched alkanes of at least 4 members (excludes halogenated alkanes) is 1. The normalized spacial score (nSPS) is 10.6. The van der Waals surface area contributed by atoms with Crippen LogP contribution in [0.4, 0.5) is 11.6 Å². The minimum Gasteiger partial charge on any atom is -0.380 e. The quantitative estimate of drug-likeness (QED) is 0.322. The predicted octanol–water partition coefficient (Wildman–Crippen LogP) is 1.53.